The predicted molar refractivity (Wildman–Crippen MR) is 81.5 cm³/mol. The van der Waals surface area contributed by atoms with E-state index >= 15 is 0 Å². The predicted octanol–water partition coefficient (Wildman–Crippen LogP) is 3.34. The summed E-state index contributed by atoms with van der Waals surface area (Å²) < 4.78 is 42.8. The molecule has 0 bridgehead atoms. The maximum Gasteiger partial charge on any atom is 0.416 e. The maximum absolute atomic E-state index is 12.6. The number of carbonyl (C=O) groups is 2. The third-order valence-electron chi connectivity index (χ3n) is 3.50. The van der Waals surface area contributed by atoms with Crippen molar-refractivity contribution in [3.8, 4) is 0 Å². The number of furan rings is 1. The van der Waals surface area contributed by atoms with E-state index in [1.54, 1.807) is 12.1 Å². The number of hydrogen-bond acceptors (Lipinski definition) is 3. The summed E-state index contributed by atoms with van der Waals surface area (Å²) in [5, 5.41) is 8.95. The monoisotopic (exact) mass is 355 g/mol. The van der Waals surface area contributed by atoms with Gasteiger partial charge in [-0.25, -0.2) is 0 Å². The summed E-state index contributed by atoms with van der Waals surface area (Å²) in [6.07, 6.45) is -2.62. The van der Waals surface area contributed by atoms with Gasteiger partial charge in [0.05, 0.1) is 11.8 Å². The van der Waals surface area contributed by atoms with E-state index in [4.69, 9.17) is 9.52 Å². The first-order valence-corrected chi connectivity index (χ1v) is 7.44. The van der Waals surface area contributed by atoms with Crippen LogP contribution in [-0.2, 0) is 28.7 Å². The molecule has 0 aliphatic rings. The Morgan fingerprint density at radius 2 is 1.80 bits per heavy atom. The van der Waals surface area contributed by atoms with Gasteiger partial charge < -0.3 is 14.4 Å². The van der Waals surface area contributed by atoms with Crippen LogP contribution in [0.3, 0.4) is 0 Å². The molecule has 1 aromatic carbocycles. The van der Waals surface area contributed by atoms with Crippen LogP contribution in [0.1, 0.15) is 23.3 Å². The second kappa shape index (κ2) is 7.87. The zero-order chi connectivity index (χ0) is 18.4. The van der Waals surface area contributed by atoms with Crippen molar-refractivity contribution in [1.29, 1.82) is 0 Å². The van der Waals surface area contributed by atoms with Crippen LogP contribution in [0.15, 0.2) is 47.1 Å². The number of alkyl halides is 3. The normalized spacial score (nSPS) is 11.3. The average Bonchev–Trinajstić information content (AvgIpc) is 3.04. The van der Waals surface area contributed by atoms with Crippen LogP contribution in [-0.4, -0.2) is 28.4 Å². The maximum atomic E-state index is 12.6. The molecule has 0 saturated carbocycles. The summed E-state index contributed by atoms with van der Waals surface area (Å²) in [6.45, 7) is -0.612. The molecule has 2 aromatic rings. The number of aryl methyl sites for hydroxylation is 1. The van der Waals surface area contributed by atoms with Gasteiger partial charge in [-0.05, 0) is 29.8 Å². The fourth-order valence-electron chi connectivity index (χ4n) is 2.26. The van der Waals surface area contributed by atoms with Crippen LogP contribution in [0.2, 0.25) is 0 Å². The minimum Gasteiger partial charge on any atom is -0.480 e. The highest BCUT2D eigenvalue weighted by Gasteiger charge is 2.30. The number of rotatable bonds is 7. The Bertz CT molecular complexity index is 708. The van der Waals surface area contributed by atoms with Crippen molar-refractivity contribution in [1.82, 2.24) is 4.90 Å². The molecule has 1 aromatic heterocycles. The summed E-state index contributed by atoms with van der Waals surface area (Å²) in [6, 6.07) is 7.65. The molecular weight excluding hydrogens is 339 g/mol. The Hall–Kier alpha value is -2.77. The third kappa shape index (κ3) is 5.66. The highest BCUT2D eigenvalue weighted by Crippen LogP contribution is 2.29. The van der Waals surface area contributed by atoms with E-state index in [1.807, 2.05) is 0 Å². The van der Waals surface area contributed by atoms with Crippen molar-refractivity contribution in [2.75, 3.05) is 6.54 Å². The first-order chi connectivity index (χ1) is 11.8. The Morgan fingerprint density at radius 3 is 2.32 bits per heavy atom. The van der Waals surface area contributed by atoms with E-state index in [1.165, 1.54) is 18.4 Å². The zero-order valence-corrected chi connectivity index (χ0v) is 13.1. The number of carboxylic acids is 1. The molecule has 0 unspecified atom stereocenters. The van der Waals surface area contributed by atoms with Crippen molar-refractivity contribution in [3.05, 3.63) is 59.5 Å². The van der Waals surface area contributed by atoms with Gasteiger partial charge >= 0.3 is 12.1 Å². The Balaban J connectivity index is 2.03. The lowest BCUT2D eigenvalue weighted by molar-refractivity contribution is -0.144. The Kier molecular flexibility index (Phi) is 5.84. The summed E-state index contributed by atoms with van der Waals surface area (Å²) in [7, 11) is 0. The number of carbonyl (C=O) groups excluding carboxylic acids is 1. The molecule has 1 amide bonds. The van der Waals surface area contributed by atoms with Crippen LogP contribution in [0.4, 0.5) is 13.2 Å². The van der Waals surface area contributed by atoms with Crippen LogP contribution in [0, 0.1) is 0 Å². The molecule has 0 radical (unpaired) electrons. The van der Waals surface area contributed by atoms with E-state index in [-0.39, 0.29) is 13.0 Å². The van der Waals surface area contributed by atoms with E-state index < -0.39 is 30.2 Å². The third-order valence-corrected chi connectivity index (χ3v) is 3.50. The van der Waals surface area contributed by atoms with Gasteiger partial charge in [0.1, 0.15) is 12.3 Å². The molecule has 2 rings (SSSR count). The lowest BCUT2D eigenvalue weighted by Gasteiger charge is -2.21. The molecule has 0 saturated heterocycles. The molecule has 0 fully saturated rings. The van der Waals surface area contributed by atoms with Crippen molar-refractivity contribution < 1.29 is 32.3 Å². The lowest BCUT2D eigenvalue weighted by atomic mass is 10.1. The van der Waals surface area contributed by atoms with Crippen molar-refractivity contribution in [2.45, 2.75) is 25.6 Å². The number of benzene rings is 1. The largest absolute Gasteiger partial charge is 0.480 e. The molecular formula is C17H16F3NO4. The van der Waals surface area contributed by atoms with Gasteiger partial charge in [-0.3, -0.25) is 9.59 Å². The molecule has 0 spiro atoms. The molecule has 25 heavy (non-hydrogen) atoms. The van der Waals surface area contributed by atoms with Gasteiger partial charge in [0.25, 0.3) is 0 Å². The molecule has 8 heteroatoms. The van der Waals surface area contributed by atoms with E-state index in [2.05, 4.69) is 0 Å². The van der Waals surface area contributed by atoms with Gasteiger partial charge in [-0.2, -0.15) is 13.2 Å². The number of halogens is 3. The first kappa shape index (κ1) is 18.6. The van der Waals surface area contributed by atoms with Gasteiger partial charge in [-0.15, -0.1) is 0 Å². The van der Waals surface area contributed by atoms with E-state index in [0.717, 1.165) is 17.0 Å². The second-order valence-electron chi connectivity index (χ2n) is 5.42. The standard InChI is InChI=1S/C17H16F3NO4/c18-17(19,20)13-5-3-12(4-6-13)10-21(11-16(23)24)15(22)8-7-14-2-1-9-25-14/h1-6,9H,7-8,10-11H2,(H,23,24). The van der Waals surface area contributed by atoms with Crippen LogP contribution >= 0.6 is 0 Å². The number of amides is 1. The van der Waals surface area contributed by atoms with E-state index in [0.29, 0.717) is 17.7 Å². The van der Waals surface area contributed by atoms with Gasteiger partial charge in [0.2, 0.25) is 5.91 Å². The van der Waals surface area contributed by atoms with Crippen LogP contribution in [0.5, 0.6) is 0 Å². The van der Waals surface area contributed by atoms with Gasteiger partial charge in [0.15, 0.2) is 0 Å². The molecule has 1 N–H and O–H groups in total. The molecule has 1 heterocycles. The SMILES string of the molecule is O=C(O)CN(Cc1ccc(C(F)(F)F)cc1)C(=O)CCc1ccco1. The van der Waals surface area contributed by atoms with Crippen molar-refractivity contribution >= 4 is 11.9 Å². The highest BCUT2D eigenvalue weighted by molar-refractivity contribution is 5.81. The molecule has 134 valence electrons. The van der Waals surface area contributed by atoms with Crippen LogP contribution < -0.4 is 0 Å². The average molecular weight is 355 g/mol. The molecule has 0 atom stereocenters. The summed E-state index contributed by atoms with van der Waals surface area (Å²) in [5.41, 5.74) is -0.384. The minimum atomic E-state index is -4.45. The quantitative estimate of drug-likeness (QED) is 0.827. The lowest BCUT2D eigenvalue weighted by Crippen LogP contribution is -2.35. The van der Waals surface area contributed by atoms with Crippen molar-refractivity contribution in [2.24, 2.45) is 0 Å². The fourth-order valence-corrected chi connectivity index (χ4v) is 2.26. The zero-order valence-electron chi connectivity index (χ0n) is 13.1. The number of hydrogen-bond donors (Lipinski definition) is 1. The van der Waals surface area contributed by atoms with Crippen LogP contribution in [0.25, 0.3) is 0 Å². The molecule has 5 nitrogen and oxygen atoms in total. The van der Waals surface area contributed by atoms with E-state index in [9.17, 15) is 22.8 Å². The number of nitrogens with zero attached hydrogens (tertiary/aromatic N) is 1. The summed E-state index contributed by atoms with van der Waals surface area (Å²) in [4.78, 5) is 24.3. The topological polar surface area (TPSA) is 70.8 Å². The number of aliphatic carboxylic acids is 1. The summed E-state index contributed by atoms with van der Waals surface area (Å²) >= 11 is 0. The molecule has 0 aliphatic carbocycles. The Labute approximate surface area is 141 Å². The second-order valence-corrected chi connectivity index (χ2v) is 5.42. The smallest absolute Gasteiger partial charge is 0.416 e. The number of carboxylic acid groups (broad SMARTS) is 1. The van der Waals surface area contributed by atoms with Gasteiger partial charge in [-0.1, -0.05) is 12.1 Å². The van der Waals surface area contributed by atoms with Crippen molar-refractivity contribution in [3.63, 3.8) is 0 Å². The molecule has 0 aliphatic heterocycles. The van der Waals surface area contributed by atoms with Gasteiger partial charge in [0, 0.05) is 19.4 Å². The Morgan fingerprint density at radius 1 is 1.12 bits per heavy atom. The highest BCUT2D eigenvalue weighted by atomic mass is 19.4. The first-order valence-electron chi connectivity index (χ1n) is 7.44. The fraction of sp³-hybridized carbons (Fsp3) is 0.294. The summed E-state index contributed by atoms with van der Waals surface area (Å²) in [5.74, 6) is -1.02. The minimum absolute atomic E-state index is 0.0431.